The maximum atomic E-state index is 11.9. The van der Waals surface area contributed by atoms with E-state index in [1.54, 1.807) is 31.4 Å². The Morgan fingerprint density at radius 3 is 2.68 bits per heavy atom. The van der Waals surface area contributed by atoms with Gasteiger partial charge in [-0.05, 0) is 30.3 Å². The number of amides is 1. The van der Waals surface area contributed by atoms with Gasteiger partial charge < -0.3 is 21.1 Å². The summed E-state index contributed by atoms with van der Waals surface area (Å²) in [6, 6.07) is 12.5. The molecular weight excluding hydrogens is 302 g/mol. The molecule has 0 bridgehead atoms. The van der Waals surface area contributed by atoms with Crippen molar-refractivity contribution < 1.29 is 9.53 Å². The molecule has 0 radical (unpaired) electrons. The molecule has 0 heterocycles. The van der Waals surface area contributed by atoms with Crippen LogP contribution < -0.4 is 16.4 Å². The minimum Gasteiger partial charge on any atom is -0.397 e. The summed E-state index contributed by atoms with van der Waals surface area (Å²) >= 11 is 6.10. The van der Waals surface area contributed by atoms with Crippen LogP contribution in [0.3, 0.4) is 0 Å². The summed E-state index contributed by atoms with van der Waals surface area (Å²) in [4.78, 5) is 11.9. The van der Waals surface area contributed by atoms with Gasteiger partial charge in [0.2, 0.25) is 0 Å². The Morgan fingerprint density at radius 2 is 2.00 bits per heavy atom. The van der Waals surface area contributed by atoms with Gasteiger partial charge in [-0.3, -0.25) is 4.79 Å². The summed E-state index contributed by atoms with van der Waals surface area (Å²) in [6.45, 7) is 0.919. The van der Waals surface area contributed by atoms with E-state index in [0.29, 0.717) is 35.1 Å². The molecule has 0 aliphatic carbocycles. The van der Waals surface area contributed by atoms with Gasteiger partial charge in [0, 0.05) is 19.2 Å². The zero-order chi connectivity index (χ0) is 15.9. The third-order valence-corrected chi connectivity index (χ3v) is 3.38. The zero-order valence-electron chi connectivity index (χ0n) is 12.2. The molecule has 0 spiro atoms. The highest BCUT2D eigenvalue weighted by atomic mass is 35.5. The van der Waals surface area contributed by atoms with Crippen molar-refractivity contribution >= 4 is 34.6 Å². The standard InChI is InChI=1S/C16H18ClN3O2/c1-22-9-8-19-16(21)11-6-7-15(13(18)10-11)20-14-5-3-2-4-12(14)17/h2-7,10,20H,8-9,18H2,1H3,(H,19,21). The number of carbonyl (C=O) groups excluding carboxylic acids is 1. The number of halogens is 1. The van der Waals surface area contributed by atoms with Crippen LogP contribution in [-0.4, -0.2) is 26.2 Å². The fourth-order valence-corrected chi connectivity index (χ4v) is 2.08. The van der Waals surface area contributed by atoms with Crippen molar-refractivity contribution in [2.45, 2.75) is 0 Å². The number of hydrogen-bond donors (Lipinski definition) is 3. The molecule has 0 unspecified atom stereocenters. The molecule has 6 heteroatoms. The van der Waals surface area contributed by atoms with E-state index in [4.69, 9.17) is 22.1 Å². The molecule has 2 rings (SSSR count). The number of methoxy groups -OCH3 is 1. The Kier molecular flexibility index (Phi) is 5.63. The molecule has 0 aromatic heterocycles. The number of benzene rings is 2. The molecule has 116 valence electrons. The van der Waals surface area contributed by atoms with Gasteiger partial charge >= 0.3 is 0 Å². The van der Waals surface area contributed by atoms with E-state index in [1.165, 1.54) is 0 Å². The van der Waals surface area contributed by atoms with Gasteiger partial charge in [0.1, 0.15) is 0 Å². The Hall–Kier alpha value is -2.24. The summed E-state index contributed by atoms with van der Waals surface area (Å²) in [6.07, 6.45) is 0. The van der Waals surface area contributed by atoms with E-state index >= 15 is 0 Å². The van der Waals surface area contributed by atoms with Crippen molar-refractivity contribution in [3.8, 4) is 0 Å². The predicted molar refractivity (Wildman–Crippen MR) is 89.8 cm³/mol. The first-order chi connectivity index (χ1) is 10.6. The van der Waals surface area contributed by atoms with Crippen molar-refractivity contribution in [2.24, 2.45) is 0 Å². The molecule has 0 atom stereocenters. The van der Waals surface area contributed by atoms with Crippen molar-refractivity contribution in [2.75, 3.05) is 31.3 Å². The number of nitrogen functional groups attached to an aromatic ring is 1. The minimum atomic E-state index is -0.187. The van der Waals surface area contributed by atoms with E-state index in [2.05, 4.69) is 10.6 Å². The van der Waals surface area contributed by atoms with E-state index in [1.807, 2.05) is 18.2 Å². The van der Waals surface area contributed by atoms with Crippen LogP contribution in [0.1, 0.15) is 10.4 Å². The Morgan fingerprint density at radius 1 is 1.23 bits per heavy atom. The quantitative estimate of drug-likeness (QED) is 0.565. The Bertz CT molecular complexity index is 662. The lowest BCUT2D eigenvalue weighted by Gasteiger charge is -2.12. The van der Waals surface area contributed by atoms with Gasteiger partial charge in [-0.15, -0.1) is 0 Å². The average molecular weight is 320 g/mol. The number of rotatable bonds is 6. The fourth-order valence-electron chi connectivity index (χ4n) is 1.89. The third-order valence-electron chi connectivity index (χ3n) is 3.05. The van der Waals surface area contributed by atoms with E-state index in [-0.39, 0.29) is 5.91 Å². The molecule has 2 aromatic rings. The van der Waals surface area contributed by atoms with E-state index in [9.17, 15) is 4.79 Å². The summed E-state index contributed by atoms with van der Waals surface area (Å²) < 4.78 is 4.89. The molecule has 4 N–H and O–H groups in total. The van der Waals surface area contributed by atoms with Gasteiger partial charge in [-0.25, -0.2) is 0 Å². The number of nitrogens with one attached hydrogen (secondary N) is 2. The zero-order valence-corrected chi connectivity index (χ0v) is 13.0. The van der Waals surface area contributed by atoms with E-state index in [0.717, 1.165) is 5.69 Å². The average Bonchev–Trinajstić information content (AvgIpc) is 2.51. The summed E-state index contributed by atoms with van der Waals surface area (Å²) in [5.41, 5.74) is 8.43. The first-order valence-electron chi connectivity index (χ1n) is 6.80. The van der Waals surface area contributed by atoms with Crippen molar-refractivity contribution in [1.29, 1.82) is 0 Å². The lowest BCUT2D eigenvalue weighted by Crippen LogP contribution is -2.27. The van der Waals surface area contributed by atoms with Gasteiger partial charge in [0.05, 0.1) is 28.7 Å². The highest BCUT2D eigenvalue weighted by Crippen LogP contribution is 2.28. The number of ether oxygens (including phenoxy) is 1. The third kappa shape index (κ3) is 4.13. The highest BCUT2D eigenvalue weighted by molar-refractivity contribution is 6.33. The number of carbonyl (C=O) groups is 1. The predicted octanol–water partition coefficient (Wildman–Crippen LogP) is 3.04. The van der Waals surface area contributed by atoms with Gasteiger partial charge in [-0.1, -0.05) is 23.7 Å². The Balaban J connectivity index is 2.10. The van der Waals surface area contributed by atoms with E-state index < -0.39 is 0 Å². The number of hydrogen-bond acceptors (Lipinski definition) is 4. The lowest BCUT2D eigenvalue weighted by atomic mass is 10.1. The van der Waals surface area contributed by atoms with Crippen LogP contribution in [0.15, 0.2) is 42.5 Å². The monoisotopic (exact) mass is 319 g/mol. The SMILES string of the molecule is COCCNC(=O)c1ccc(Nc2ccccc2Cl)c(N)c1. The molecule has 0 aliphatic heterocycles. The van der Waals surface area contributed by atoms with Crippen LogP contribution in [0.25, 0.3) is 0 Å². The molecule has 5 nitrogen and oxygen atoms in total. The molecule has 2 aromatic carbocycles. The number of nitrogens with two attached hydrogens (primary N) is 1. The Labute approximate surface area is 134 Å². The normalized spacial score (nSPS) is 10.3. The molecule has 1 amide bonds. The van der Waals surface area contributed by atoms with Crippen LogP contribution in [0.2, 0.25) is 5.02 Å². The van der Waals surface area contributed by atoms with Crippen LogP contribution in [-0.2, 0) is 4.74 Å². The number of para-hydroxylation sites is 1. The van der Waals surface area contributed by atoms with Crippen molar-refractivity contribution in [1.82, 2.24) is 5.32 Å². The lowest BCUT2D eigenvalue weighted by molar-refractivity contribution is 0.0937. The van der Waals surface area contributed by atoms with Gasteiger partial charge in [-0.2, -0.15) is 0 Å². The second-order valence-corrected chi connectivity index (χ2v) is 5.06. The van der Waals surface area contributed by atoms with Gasteiger partial charge in [0.25, 0.3) is 5.91 Å². The van der Waals surface area contributed by atoms with Crippen LogP contribution in [0.5, 0.6) is 0 Å². The first kappa shape index (κ1) is 16.1. The summed E-state index contributed by atoms with van der Waals surface area (Å²) in [5.74, 6) is -0.187. The molecular formula is C16H18ClN3O2. The topological polar surface area (TPSA) is 76.4 Å². The maximum absolute atomic E-state index is 11.9. The van der Waals surface area contributed by atoms with Crippen LogP contribution >= 0.6 is 11.6 Å². The number of anilines is 3. The van der Waals surface area contributed by atoms with Crippen LogP contribution in [0.4, 0.5) is 17.1 Å². The molecule has 22 heavy (non-hydrogen) atoms. The molecule has 0 aliphatic rings. The van der Waals surface area contributed by atoms with Gasteiger partial charge in [0.15, 0.2) is 0 Å². The minimum absolute atomic E-state index is 0.187. The van der Waals surface area contributed by atoms with Crippen LogP contribution in [0, 0.1) is 0 Å². The second kappa shape index (κ2) is 7.68. The molecule has 0 fully saturated rings. The smallest absolute Gasteiger partial charge is 0.251 e. The largest absolute Gasteiger partial charge is 0.397 e. The molecule has 0 saturated heterocycles. The van der Waals surface area contributed by atoms with Crippen molar-refractivity contribution in [3.05, 3.63) is 53.1 Å². The first-order valence-corrected chi connectivity index (χ1v) is 7.18. The summed E-state index contributed by atoms with van der Waals surface area (Å²) in [5, 5.41) is 6.49. The maximum Gasteiger partial charge on any atom is 0.251 e. The highest BCUT2D eigenvalue weighted by Gasteiger charge is 2.08. The summed E-state index contributed by atoms with van der Waals surface area (Å²) in [7, 11) is 1.58. The van der Waals surface area contributed by atoms with Crippen molar-refractivity contribution in [3.63, 3.8) is 0 Å². The second-order valence-electron chi connectivity index (χ2n) is 4.66. The molecule has 0 saturated carbocycles. The fraction of sp³-hybridized carbons (Fsp3) is 0.188.